The molecule has 1 saturated heterocycles. The highest BCUT2D eigenvalue weighted by atomic mass is 16.6. The molecular weight excluding hydrogens is 334 g/mol. The van der Waals surface area contributed by atoms with Gasteiger partial charge in [-0.1, -0.05) is 6.07 Å². The minimum Gasteiger partial charge on any atom is -0.339 e. The summed E-state index contributed by atoms with van der Waals surface area (Å²) in [6, 6.07) is 11.6. The molecule has 8 nitrogen and oxygen atoms in total. The van der Waals surface area contributed by atoms with Gasteiger partial charge in [0.05, 0.1) is 4.92 Å². The van der Waals surface area contributed by atoms with E-state index in [0.29, 0.717) is 18.7 Å². The van der Waals surface area contributed by atoms with Gasteiger partial charge >= 0.3 is 0 Å². The van der Waals surface area contributed by atoms with Gasteiger partial charge in [-0.25, -0.2) is 0 Å². The molecule has 1 aromatic carbocycles. The van der Waals surface area contributed by atoms with Crippen LogP contribution >= 0.6 is 0 Å². The molecule has 0 unspecified atom stereocenters. The largest absolute Gasteiger partial charge is 0.339 e. The third kappa shape index (κ3) is 2.90. The van der Waals surface area contributed by atoms with Crippen molar-refractivity contribution in [3.63, 3.8) is 0 Å². The standard InChI is InChI=1S/C18H17N5O3/c24-18(14-4-6-15(7-5-14)23(25)26)21-11-8-13(9-12-21)17-20-19-16-3-1-2-10-22(16)17/h1-7,10,13H,8-9,11-12H2. The topological polar surface area (TPSA) is 93.6 Å². The number of hydrogen-bond donors (Lipinski definition) is 0. The second kappa shape index (κ2) is 6.55. The Morgan fingerprint density at radius 2 is 1.81 bits per heavy atom. The lowest BCUT2D eigenvalue weighted by Crippen LogP contribution is -2.38. The fourth-order valence-corrected chi connectivity index (χ4v) is 3.39. The van der Waals surface area contributed by atoms with Gasteiger partial charge in [-0.05, 0) is 37.1 Å². The molecule has 132 valence electrons. The summed E-state index contributed by atoms with van der Waals surface area (Å²) >= 11 is 0. The number of likely N-dealkylation sites (tertiary alicyclic amines) is 1. The van der Waals surface area contributed by atoms with E-state index in [4.69, 9.17) is 0 Å². The van der Waals surface area contributed by atoms with Crippen LogP contribution in [-0.4, -0.2) is 43.4 Å². The third-order valence-electron chi connectivity index (χ3n) is 4.81. The first kappa shape index (κ1) is 16.2. The normalized spacial score (nSPS) is 15.3. The van der Waals surface area contributed by atoms with Crippen LogP contribution in [0.3, 0.4) is 0 Å². The van der Waals surface area contributed by atoms with Gasteiger partial charge in [0.15, 0.2) is 5.65 Å². The SMILES string of the molecule is O=C(c1ccc([N+](=O)[O-])cc1)N1CCC(c2nnc3ccccn23)CC1. The van der Waals surface area contributed by atoms with Crippen molar-refractivity contribution in [1.82, 2.24) is 19.5 Å². The molecule has 1 amide bonds. The number of pyridine rings is 1. The van der Waals surface area contributed by atoms with E-state index >= 15 is 0 Å². The maximum atomic E-state index is 12.6. The molecule has 4 rings (SSSR count). The Bertz CT molecular complexity index is 958. The van der Waals surface area contributed by atoms with Crippen molar-refractivity contribution >= 4 is 17.2 Å². The van der Waals surface area contributed by atoms with Crippen LogP contribution in [0, 0.1) is 10.1 Å². The number of hydrogen-bond acceptors (Lipinski definition) is 5. The minimum absolute atomic E-state index is 0.0149. The number of non-ortho nitro benzene ring substituents is 1. The zero-order chi connectivity index (χ0) is 18.1. The van der Waals surface area contributed by atoms with Gasteiger partial charge < -0.3 is 4.90 Å². The van der Waals surface area contributed by atoms with Crippen LogP contribution in [0.15, 0.2) is 48.7 Å². The predicted molar refractivity (Wildman–Crippen MR) is 94.0 cm³/mol. The summed E-state index contributed by atoms with van der Waals surface area (Å²) in [5.41, 5.74) is 1.29. The van der Waals surface area contributed by atoms with E-state index in [1.54, 1.807) is 4.90 Å². The summed E-state index contributed by atoms with van der Waals surface area (Å²) in [6.45, 7) is 1.25. The fourth-order valence-electron chi connectivity index (χ4n) is 3.39. The van der Waals surface area contributed by atoms with Gasteiger partial charge in [0.25, 0.3) is 11.6 Å². The Labute approximate surface area is 149 Å². The second-order valence-electron chi connectivity index (χ2n) is 6.36. The Morgan fingerprint density at radius 3 is 2.50 bits per heavy atom. The lowest BCUT2D eigenvalue weighted by Gasteiger charge is -2.31. The van der Waals surface area contributed by atoms with Crippen LogP contribution in [0.2, 0.25) is 0 Å². The maximum absolute atomic E-state index is 12.6. The van der Waals surface area contributed by atoms with E-state index in [1.807, 2.05) is 28.8 Å². The van der Waals surface area contributed by atoms with Gasteiger partial charge in [-0.2, -0.15) is 0 Å². The number of aromatic nitrogens is 3. The summed E-state index contributed by atoms with van der Waals surface area (Å²) in [5.74, 6) is 1.10. The van der Waals surface area contributed by atoms with E-state index in [-0.39, 0.29) is 17.5 Å². The van der Waals surface area contributed by atoms with Crippen molar-refractivity contribution in [2.24, 2.45) is 0 Å². The molecule has 1 aliphatic rings. The van der Waals surface area contributed by atoms with E-state index in [9.17, 15) is 14.9 Å². The van der Waals surface area contributed by atoms with Crippen molar-refractivity contribution in [3.05, 3.63) is 70.2 Å². The maximum Gasteiger partial charge on any atom is 0.269 e. The molecular formula is C18H17N5O3. The fraction of sp³-hybridized carbons (Fsp3) is 0.278. The first-order valence-corrected chi connectivity index (χ1v) is 8.47. The number of piperidine rings is 1. The molecule has 0 saturated carbocycles. The minimum atomic E-state index is -0.470. The van der Waals surface area contributed by atoms with Crippen LogP contribution in [0.1, 0.15) is 34.9 Å². The molecule has 0 aliphatic carbocycles. The molecule has 1 fully saturated rings. The van der Waals surface area contributed by atoms with Crippen molar-refractivity contribution in [2.45, 2.75) is 18.8 Å². The summed E-state index contributed by atoms with van der Waals surface area (Å²) in [7, 11) is 0. The Balaban J connectivity index is 1.44. The molecule has 0 spiro atoms. The number of amides is 1. The quantitative estimate of drug-likeness (QED) is 0.534. The Kier molecular flexibility index (Phi) is 4.08. The van der Waals surface area contributed by atoms with Crippen molar-refractivity contribution in [1.29, 1.82) is 0 Å². The lowest BCUT2D eigenvalue weighted by molar-refractivity contribution is -0.384. The van der Waals surface area contributed by atoms with Crippen LogP contribution in [0.4, 0.5) is 5.69 Å². The van der Waals surface area contributed by atoms with Crippen molar-refractivity contribution in [2.75, 3.05) is 13.1 Å². The van der Waals surface area contributed by atoms with E-state index in [0.717, 1.165) is 24.3 Å². The van der Waals surface area contributed by atoms with Gasteiger partial charge in [-0.3, -0.25) is 19.3 Å². The number of rotatable bonds is 3. The number of nitrogens with zero attached hydrogens (tertiary/aromatic N) is 5. The Hall–Kier alpha value is -3.29. The highest BCUT2D eigenvalue weighted by molar-refractivity contribution is 5.94. The number of nitro groups is 1. The monoisotopic (exact) mass is 351 g/mol. The summed E-state index contributed by atoms with van der Waals surface area (Å²) in [4.78, 5) is 24.7. The zero-order valence-electron chi connectivity index (χ0n) is 14.0. The number of nitro benzene ring substituents is 1. The summed E-state index contributed by atoms with van der Waals surface area (Å²) in [6.07, 6.45) is 3.59. The molecule has 1 aliphatic heterocycles. The molecule has 0 atom stereocenters. The molecule has 3 heterocycles. The zero-order valence-corrected chi connectivity index (χ0v) is 14.0. The summed E-state index contributed by atoms with van der Waals surface area (Å²) < 4.78 is 2.00. The molecule has 26 heavy (non-hydrogen) atoms. The number of fused-ring (bicyclic) bond motifs is 1. The number of carbonyl (C=O) groups is 1. The van der Waals surface area contributed by atoms with Crippen molar-refractivity contribution < 1.29 is 9.72 Å². The van der Waals surface area contributed by atoms with E-state index < -0.39 is 4.92 Å². The number of benzene rings is 1. The summed E-state index contributed by atoms with van der Waals surface area (Å²) in [5, 5.41) is 19.2. The molecule has 0 N–H and O–H groups in total. The first-order chi connectivity index (χ1) is 12.6. The van der Waals surface area contributed by atoms with Gasteiger partial charge in [0.2, 0.25) is 0 Å². The van der Waals surface area contributed by atoms with Crippen LogP contribution in [-0.2, 0) is 0 Å². The van der Waals surface area contributed by atoms with Gasteiger partial charge in [0, 0.05) is 42.9 Å². The molecule has 0 radical (unpaired) electrons. The number of carbonyl (C=O) groups excluding carboxylic acids is 1. The van der Waals surface area contributed by atoms with Crippen LogP contribution in [0.5, 0.6) is 0 Å². The highest BCUT2D eigenvalue weighted by Crippen LogP contribution is 2.28. The molecule has 3 aromatic rings. The van der Waals surface area contributed by atoms with Crippen LogP contribution in [0.25, 0.3) is 5.65 Å². The molecule has 0 bridgehead atoms. The van der Waals surface area contributed by atoms with Crippen molar-refractivity contribution in [3.8, 4) is 0 Å². The molecule has 2 aromatic heterocycles. The first-order valence-electron chi connectivity index (χ1n) is 8.47. The third-order valence-corrected chi connectivity index (χ3v) is 4.81. The highest BCUT2D eigenvalue weighted by Gasteiger charge is 2.27. The van der Waals surface area contributed by atoms with Crippen LogP contribution < -0.4 is 0 Å². The van der Waals surface area contributed by atoms with E-state index in [2.05, 4.69) is 10.2 Å². The molecule has 8 heteroatoms. The second-order valence-corrected chi connectivity index (χ2v) is 6.36. The Morgan fingerprint density at radius 1 is 1.08 bits per heavy atom. The van der Waals surface area contributed by atoms with Gasteiger partial charge in [0.1, 0.15) is 5.82 Å². The predicted octanol–water partition coefficient (Wildman–Crippen LogP) is 2.66. The van der Waals surface area contributed by atoms with E-state index in [1.165, 1.54) is 24.3 Å². The smallest absolute Gasteiger partial charge is 0.269 e. The lowest BCUT2D eigenvalue weighted by atomic mass is 9.95. The van der Waals surface area contributed by atoms with Gasteiger partial charge in [-0.15, -0.1) is 10.2 Å². The average Bonchev–Trinajstić information content (AvgIpc) is 3.12. The average molecular weight is 351 g/mol.